The SMILES string of the molecule is CCCCCCCCCCCC(=O)NCCNCCC(N)C(=O)NCC(=O)NCCC(CO)NC(=O)CCCC(=O)O. The molecular formula is C29H56N6O7. The topological polar surface area (TPSA) is 212 Å². The predicted octanol–water partition coefficient (Wildman–Crippen LogP) is 0.685. The van der Waals surface area contributed by atoms with E-state index >= 15 is 0 Å². The van der Waals surface area contributed by atoms with Gasteiger partial charge in [-0.25, -0.2) is 0 Å². The Kier molecular flexibility index (Phi) is 25.3. The Hall–Kier alpha value is -2.77. The molecule has 0 aliphatic rings. The van der Waals surface area contributed by atoms with Crippen LogP contribution in [0.5, 0.6) is 0 Å². The Bertz CT molecular complexity index is 769. The van der Waals surface area contributed by atoms with Crippen LogP contribution in [0.1, 0.15) is 103 Å². The molecule has 13 nitrogen and oxygen atoms in total. The number of aliphatic hydroxyl groups excluding tert-OH is 1. The van der Waals surface area contributed by atoms with Crippen molar-refractivity contribution < 1.29 is 34.2 Å². The van der Waals surface area contributed by atoms with E-state index in [0.717, 1.165) is 12.8 Å². The average molecular weight is 601 g/mol. The van der Waals surface area contributed by atoms with Crippen LogP contribution in [0.4, 0.5) is 0 Å². The second-order valence-electron chi connectivity index (χ2n) is 10.6. The predicted molar refractivity (Wildman–Crippen MR) is 161 cm³/mol. The molecule has 0 radical (unpaired) electrons. The number of hydrogen-bond donors (Lipinski definition) is 8. The highest BCUT2D eigenvalue weighted by molar-refractivity contribution is 5.87. The quantitative estimate of drug-likeness (QED) is 0.0592. The largest absolute Gasteiger partial charge is 0.481 e. The summed E-state index contributed by atoms with van der Waals surface area (Å²) in [6.45, 7) is 3.36. The molecule has 0 aliphatic heterocycles. The number of hydrogen-bond acceptors (Lipinski definition) is 8. The standard InChI is InChI=1S/C29H56N6O7/c1-2-3-4-5-6-7-8-9-10-12-25(37)33-20-19-31-17-16-24(30)29(42)34-21-27(39)32-18-15-23(22-36)35-26(38)13-11-14-28(40)41/h23-24,31,36H,2-22,30H2,1H3,(H,32,39)(H,33,37)(H,34,42)(H,35,38)(H,40,41). The molecule has 0 rings (SSSR count). The van der Waals surface area contributed by atoms with E-state index in [4.69, 9.17) is 10.8 Å². The number of rotatable bonds is 28. The molecule has 0 aromatic carbocycles. The van der Waals surface area contributed by atoms with Crippen LogP contribution in [0.15, 0.2) is 0 Å². The molecule has 9 N–H and O–H groups in total. The zero-order valence-corrected chi connectivity index (χ0v) is 25.5. The second kappa shape index (κ2) is 27.1. The maximum atomic E-state index is 12.1. The van der Waals surface area contributed by atoms with E-state index in [0.29, 0.717) is 32.5 Å². The van der Waals surface area contributed by atoms with Crippen LogP contribution in [0.2, 0.25) is 0 Å². The molecule has 0 aliphatic carbocycles. The normalized spacial score (nSPS) is 12.3. The zero-order valence-electron chi connectivity index (χ0n) is 25.5. The van der Waals surface area contributed by atoms with Gasteiger partial charge in [0.05, 0.1) is 25.2 Å². The maximum absolute atomic E-state index is 12.1. The molecule has 0 fully saturated rings. The van der Waals surface area contributed by atoms with Gasteiger partial charge in [0.15, 0.2) is 0 Å². The molecule has 0 saturated carbocycles. The lowest BCUT2D eigenvalue weighted by atomic mass is 10.1. The van der Waals surface area contributed by atoms with Gasteiger partial charge >= 0.3 is 5.97 Å². The smallest absolute Gasteiger partial charge is 0.303 e. The molecule has 0 spiro atoms. The summed E-state index contributed by atoms with van der Waals surface area (Å²) in [5.41, 5.74) is 5.89. The van der Waals surface area contributed by atoms with Gasteiger partial charge in [-0.2, -0.15) is 0 Å². The molecule has 0 bridgehead atoms. The van der Waals surface area contributed by atoms with Gasteiger partial charge in [0.2, 0.25) is 23.6 Å². The average Bonchev–Trinajstić information content (AvgIpc) is 2.95. The molecule has 0 saturated heterocycles. The van der Waals surface area contributed by atoms with Gasteiger partial charge in [0, 0.05) is 38.9 Å². The number of carbonyl (C=O) groups excluding carboxylic acids is 4. The molecule has 0 aromatic heterocycles. The van der Waals surface area contributed by atoms with Crippen molar-refractivity contribution in [2.75, 3.05) is 39.3 Å². The maximum Gasteiger partial charge on any atom is 0.303 e. The summed E-state index contributed by atoms with van der Waals surface area (Å²) in [7, 11) is 0. The second-order valence-corrected chi connectivity index (χ2v) is 10.6. The number of carbonyl (C=O) groups is 5. The summed E-state index contributed by atoms with van der Waals surface area (Å²) >= 11 is 0. The van der Waals surface area contributed by atoms with Crippen molar-refractivity contribution in [3.8, 4) is 0 Å². The monoisotopic (exact) mass is 600 g/mol. The van der Waals surface area contributed by atoms with E-state index in [9.17, 15) is 29.1 Å². The van der Waals surface area contributed by atoms with Gasteiger partial charge in [-0.05, 0) is 32.2 Å². The molecule has 244 valence electrons. The van der Waals surface area contributed by atoms with Gasteiger partial charge in [0.25, 0.3) is 0 Å². The first-order chi connectivity index (χ1) is 20.2. The summed E-state index contributed by atoms with van der Waals surface area (Å²) in [6, 6.07) is -1.37. The van der Waals surface area contributed by atoms with Crippen molar-refractivity contribution in [3.05, 3.63) is 0 Å². The number of unbranched alkanes of at least 4 members (excludes halogenated alkanes) is 8. The van der Waals surface area contributed by atoms with E-state index in [1.165, 1.54) is 44.9 Å². The molecule has 0 heterocycles. The van der Waals surface area contributed by atoms with Crippen molar-refractivity contribution in [3.63, 3.8) is 0 Å². The van der Waals surface area contributed by atoms with Crippen LogP contribution >= 0.6 is 0 Å². The first kappa shape index (κ1) is 39.2. The minimum atomic E-state index is -0.981. The molecule has 2 atom stereocenters. The molecular weight excluding hydrogens is 544 g/mol. The molecule has 13 heteroatoms. The van der Waals surface area contributed by atoms with Gasteiger partial charge in [0.1, 0.15) is 0 Å². The number of carboxylic acid groups (broad SMARTS) is 1. The number of aliphatic hydroxyl groups is 1. The van der Waals surface area contributed by atoms with Crippen molar-refractivity contribution in [2.24, 2.45) is 5.73 Å². The Morgan fingerprint density at radius 1 is 0.667 bits per heavy atom. The van der Waals surface area contributed by atoms with Crippen LogP contribution in [0.3, 0.4) is 0 Å². The van der Waals surface area contributed by atoms with Crippen LogP contribution in [-0.4, -0.2) is 91.2 Å². The summed E-state index contributed by atoms with van der Waals surface area (Å²) in [5.74, 6) is -2.19. The fourth-order valence-electron chi connectivity index (χ4n) is 4.14. The van der Waals surface area contributed by atoms with Crippen LogP contribution < -0.4 is 32.3 Å². The summed E-state index contributed by atoms with van der Waals surface area (Å²) in [6.07, 6.45) is 12.2. The molecule has 4 amide bonds. The fourth-order valence-corrected chi connectivity index (χ4v) is 4.14. The number of carboxylic acids is 1. The van der Waals surface area contributed by atoms with Gasteiger partial charge in [-0.3, -0.25) is 24.0 Å². The van der Waals surface area contributed by atoms with Gasteiger partial charge in [-0.15, -0.1) is 0 Å². The minimum absolute atomic E-state index is 0.0347. The molecule has 0 aromatic rings. The molecule has 42 heavy (non-hydrogen) atoms. The van der Waals surface area contributed by atoms with Crippen LogP contribution in [-0.2, 0) is 24.0 Å². The third-order valence-corrected chi connectivity index (χ3v) is 6.72. The minimum Gasteiger partial charge on any atom is -0.481 e. The first-order valence-corrected chi connectivity index (χ1v) is 15.6. The van der Waals surface area contributed by atoms with Crippen molar-refractivity contribution in [2.45, 2.75) is 115 Å². The number of nitrogens with two attached hydrogens (primary N) is 1. The Morgan fingerprint density at radius 3 is 1.93 bits per heavy atom. The number of nitrogens with one attached hydrogen (secondary N) is 5. The van der Waals surface area contributed by atoms with Crippen molar-refractivity contribution in [1.29, 1.82) is 0 Å². The highest BCUT2D eigenvalue weighted by atomic mass is 16.4. The van der Waals surface area contributed by atoms with E-state index in [-0.39, 0.29) is 57.2 Å². The van der Waals surface area contributed by atoms with Gasteiger partial charge < -0.3 is 42.5 Å². The van der Waals surface area contributed by atoms with E-state index in [1.54, 1.807) is 0 Å². The van der Waals surface area contributed by atoms with Crippen molar-refractivity contribution in [1.82, 2.24) is 26.6 Å². The Labute approximate surface area is 250 Å². The summed E-state index contributed by atoms with van der Waals surface area (Å²) < 4.78 is 0. The third-order valence-electron chi connectivity index (χ3n) is 6.72. The highest BCUT2D eigenvalue weighted by Crippen LogP contribution is 2.10. The lowest BCUT2D eigenvalue weighted by Gasteiger charge is -2.17. The Balaban J connectivity index is 3.77. The lowest BCUT2D eigenvalue weighted by molar-refractivity contribution is -0.137. The van der Waals surface area contributed by atoms with E-state index in [1.807, 2.05) is 0 Å². The third kappa shape index (κ3) is 25.0. The van der Waals surface area contributed by atoms with E-state index < -0.39 is 29.9 Å². The van der Waals surface area contributed by atoms with Crippen LogP contribution in [0.25, 0.3) is 0 Å². The van der Waals surface area contributed by atoms with Crippen molar-refractivity contribution >= 4 is 29.6 Å². The number of amides is 4. The highest BCUT2D eigenvalue weighted by Gasteiger charge is 2.15. The Morgan fingerprint density at radius 2 is 1.29 bits per heavy atom. The summed E-state index contributed by atoms with van der Waals surface area (Å²) in [4.78, 5) is 58.4. The van der Waals surface area contributed by atoms with Crippen LogP contribution in [0, 0.1) is 0 Å². The summed E-state index contributed by atoms with van der Waals surface area (Å²) in [5, 5.41) is 31.7. The lowest BCUT2D eigenvalue weighted by Crippen LogP contribution is -2.46. The first-order valence-electron chi connectivity index (χ1n) is 15.6. The van der Waals surface area contributed by atoms with E-state index in [2.05, 4.69) is 33.5 Å². The van der Waals surface area contributed by atoms with Gasteiger partial charge in [-0.1, -0.05) is 58.3 Å². The fraction of sp³-hybridized carbons (Fsp3) is 0.828. The zero-order chi connectivity index (χ0) is 31.4. The number of aliphatic carboxylic acids is 1. The molecule has 2 unspecified atom stereocenters.